The topological polar surface area (TPSA) is 12.0 Å². The molecule has 1 aromatic rings. The zero-order chi connectivity index (χ0) is 15.5. The molecule has 2 rings (SSSR count). The van der Waals surface area contributed by atoms with Crippen molar-refractivity contribution in [1.82, 2.24) is 5.32 Å². The highest BCUT2D eigenvalue weighted by Crippen LogP contribution is 2.33. The zero-order valence-electron chi connectivity index (χ0n) is 12.7. The fourth-order valence-electron chi connectivity index (χ4n) is 3.22. The molecule has 0 aliphatic heterocycles. The summed E-state index contributed by atoms with van der Waals surface area (Å²) in [6, 6.07) is 6.19. The highest BCUT2D eigenvalue weighted by Gasteiger charge is 2.33. The van der Waals surface area contributed by atoms with E-state index in [2.05, 4.69) is 19.2 Å². The summed E-state index contributed by atoms with van der Waals surface area (Å²) in [6.45, 7) is 4.75. The van der Waals surface area contributed by atoms with Crippen LogP contribution in [0.15, 0.2) is 24.3 Å². The number of benzene rings is 1. The predicted octanol–water partition coefficient (Wildman–Crippen LogP) is 5.01. The molecule has 1 aromatic carbocycles. The van der Waals surface area contributed by atoms with Crippen LogP contribution >= 0.6 is 0 Å². The van der Waals surface area contributed by atoms with Gasteiger partial charge in [-0.25, -0.2) is 0 Å². The Morgan fingerprint density at radius 3 is 2.57 bits per heavy atom. The molecule has 0 saturated heterocycles. The molecule has 21 heavy (non-hydrogen) atoms. The fraction of sp³-hybridized carbons (Fsp3) is 0.647. The van der Waals surface area contributed by atoms with E-state index in [1.807, 2.05) is 0 Å². The molecule has 1 nitrogen and oxygen atoms in total. The molecule has 1 N–H and O–H groups in total. The third kappa shape index (κ3) is 4.47. The largest absolute Gasteiger partial charge is 0.416 e. The van der Waals surface area contributed by atoms with E-state index in [1.165, 1.54) is 18.9 Å². The molecule has 4 heteroatoms. The lowest BCUT2D eigenvalue weighted by atomic mass is 9.79. The van der Waals surface area contributed by atoms with E-state index in [-0.39, 0.29) is 0 Å². The van der Waals surface area contributed by atoms with Gasteiger partial charge < -0.3 is 5.32 Å². The molecule has 1 saturated carbocycles. The van der Waals surface area contributed by atoms with E-state index >= 15 is 0 Å². The Hall–Kier alpha value is -1.03. The number of hydrogen-bond acceptors (Lipinski definition) is 1. The third-order valence-corrected chi connectivity index (χ3v) is 4.56. The number of nitrogens with one attached hydrogen (secondary N) is 1. The molecule has 0 radical (unpaired) electrons. The average molecular weight is 299 g/mol. The first-order valence-electron chi connectivity index (χ1n) is 7.76. The summed E-state index contributed by atoms with van der Waals surface area (Å²) < 4.78 is 38.9. The second-order valence-corrected chi connectivity index (χ2v) is 6.40. The Kier molecular flexibility index (Phi) is 5.31. The smallest absolute Gasteiger partial charge is 0.310 e. The van der Waals surface area contributed by atoms with Gasteiger partial charge in [0.2, 0.25) is 0 Å². The van der Waals surface area contributed by atoms with Crippen LogP contribution in [0.1, 0.15) is 50.7 Å². The van der Waals surface area contributed by atoms with Gasteiger partial charge in [0.05, 0.1) is 5.56 Å². The Morgan fingerprint density at radius 2 is 1.90 bits per heavy atom. The van der Waals surface area contributed by atoms with Crippen molar-refractivity contribution < 1.29 is 13.2 Å². The minimum atomic E-state index is -4.27. The highest BCUT2D eigenvalue weighted by atomic mass is 19.4. The van der Waals surface area contributed by atoms with Gasteiger partial charge in [-0.1, -0.05) is 44.9 Å². The maximum atomic E-state index is 13.0. The summed E-state index contributed by atoms with van der Waals surface area (Å²) in [5.41, 5.74) is -0.176. The first-order chi connectivity index (χ1) is 9.88. The van der Waals surface area contributed by atoms with E-state index in [4.69, 9.17) is 0 Å². The van der Waals surface area contributed by atoms with E-state index in [1.54, 1.807) is 12.1 Å². The van der Waals surface area contributed by atoms with Crippen molar-refractivity contribution in [2.24, 2.45) is 11.8 Å². The second-order valence-electron chi connectivity index (χ2n) is 6.40. The molecule has 0 spiro atoms. The van der Waals surface area contributed by atoms with Gasteiger partial charge in [0, 0.05) is 12.6 Å². The maximum absolute atomic E-state index is 13.0. The molecule has 118 valence electrons. The molecule has 1 fully saturated rings. The molecule has 0 bridgehead atoms. The standard InChI is InChI=1S/C17H24F3N/c1-12(2)13-7-5-8-15(10-13)21-11-14-6-3-4-9-16(14)17(18,19)20/h3-4,6,9,12-13,15,21H,5,7-8,10-11H2,1-2H3. The lowest BCUT2D eigenvalue weighted by molar-refractivity contribution is -0.138. The zero-order valence-corrected chi connectivity index (χ0v) is 12.7. The van der Waals surface area contributed by atoms with Crippen LogP contribution in [0.4, 0.5) is 13.2 Å². The number of hydrogen-bond donors (Lipinski definition) is 1. The van der Waals surface area contributed by atoms with Crippen molar-refractivity contribution in [3.05, 3.63) is 35.4 Å². The van der Waals surface area contributed by atoms with E-state index in [0.717, 1.165) is 18.9 Å². The summed E-state index contributed by atoms with van der Waals surface area (Å²) in [5, 5.41) is 3.34. The van der Waals surface area contributed by atoms with Crippen LogP contribution in [-0.4, -0.2) is 6.04 Å². The van der Waals surface area contributed by atoms with Crippen molar-refractivity contribution >= 4 is 0 Å². The van der Waals surface area contributed by atoms with Crippen LogP contribution in [0.3, 0.4) is 0 Å². The fourth-order valence-corrected chi connectivity index (χ4v) is 3.22. The minimum Gasteiger partial charge on any atom is -0.310 e. The van der Waals surface area contributed by atoms with Gasteiger partial charge in [-0.2, -0.15) is 13.2 Å². The van der Waals surface area contributed by atoms with Gasteiger partial charge in [0.15, 0.2) is 0 Å². The van der Waals surface area contributed by atoms with Crippen molar-refractivity contribution in [2.45, 2.75) is 58.3 Å². The van der Waals surface area contributed by atoms with Gasteiger partial charge in [-0.05, 0) is 36.3 Å². The first-order valence-corrected chi connectivity index (χ1v) is 7.76. The maximum Gasteiger partial charge on any atom is 0.416 e. The van der Waals surface area contributed by atoms with Crippen molar-refractivity contribution in [3.8, 4) is 0 Å². The van der Waals surface area contributed by atoms with Gasteiger partial charge in [0.25, 0.3) is 0 Å². The van der Waals surface area contributed by atoms with Gasteiger partial charge in [0.1, 0.15) is 0 Å². The summed E-state index contributed by atoms with van der Waals surface area (Å²) in [4.78, 5) is 0. The van der Waals surface area contributed by atoms with Crippen LogP contribution in [-0.2, 0) is 12.7 Å². The summed E-state index contributed by atoms with van der Waals surface area (Å²) in [6.07, 6.45) is 0.283. The van der Waals surface area contributed by atoms with Crippen molar-refractivity contribution in [1.29, 1.82) is 0 Å². The second kappa shape index (κ2) is 6.82. The number of rotatable bonds is 4. The number of alkyl halides is 3. The van der Waals surface area contributed by atoms with E-state index in [0.29, 0.717) is 30.0 Å². The molecule has 2 atom stereocenters. The van der Waals surface area contributed by atoms with Crippen LogP contribution in [0.25, 0.3) is 0 Å². The molecular formula is C17H24F3N. The summed E-state index contributed by atoms with van der Waals surface area (Å²) in [7, 11) is 0. The quantitative estimate of drug-likeness (QED) is 0.824. The molecule has 0 heterocycles. The predicted molar refractivity (Wildman–Crippen MR) is 78.9 cm³/mol. The molecule has 2 unspecified atom stereocenters. The molecule has 0 amide bonds. The van der Waals surface area contributed by atoms with Crippen molar-refractivity contribution in [2.75, 3.05) is 0 Å². The van der Waals surface area contributed by atoms with Gasteiger partial charge in [-0.3, -0.25) is 0 Å². The lowest BCUT2D eigenvalue weighted by Gasteiger charge is -2.32. The first kappa shape index (κ1) is 16.3. The Bertz CT molecular complexity index is 454. The summed E-state index contributed by atoms with van der Waals surface area (Å²) >= 11 is 0. The van der Waals surface area contributed by atoms with Crippen LogP contribution in [0.2, 0.25) is 0 Å². The summed E-state index contributed by atoms with van der Waals surface area (Å²) in [5.74, 6) is 1.34. The van der Waals surface area contributed by atoms with Crippen molar-refractivity contribution in [3.63, 3.8) is 0 Å². The average Bonchev–Trinajstić information content (AvgIpc) is 2.45. The Balaban J connectivity index is 1.97. The normalized spacial score (nSPS) is 23.5. The lowest BCUT2D eigenvalue weighted by Crippen LogP contribution is -2.35. The molecule has 1 aliphatic rings. The monoisotopic (exact) mass is 299 g/mol. The molecule has 0 aromatic heterocycles. The highest BCUT2D eigenvalue weighted by molar-refractivity contribution is 5.29. The van der Waals surface area contributed by atoms with E-state index in [9.17, 15) is 13.2 Å². The molecular weight excluding hydrogens is 275 g/mol. The van der Waals surface area contributed by atoms with Gasteiger partial charge >= 0.3 is 6.18 Å². The Labute approximate surface area is 124 Å². The Morgan fingerprint density at radius 1 is 1.19 bits per heavy atom. The van der Waals surface area contributed by atoms with Crippen LogP contribution in [0, 0.1) is 11.8 Å². The molecule has 1 aliphatic carbocycles. The van der Waals surface area contributed by atoms with Crippen LogP contribution < -0.4 is 5.32 Å². The van der Waals surface area contributed by atoms with Crippen LogP contribution in [0.5, 0.6) is 0 Å². The minimum absolute atomic E-state index is 0.297. The SMILES string of the molecule is CC(C)C1CCCC(NCc2ccccc2C(F)(F)F)C1. The van der Waals surface area contributed by atoms with E-state index < -0.39 is 11.7 Å². The number of halogens is 3. The van der Waals surface area contributed by atoms with Gasteiger partial charge in [-0.15, -0.1) is 0 Å². The third-order valence-electron chi connectivity index (χ3n) is 4.56.